The average molecular weight is 312 g/mol. The molecule has 0 fully saturated rings. The summed E-state index contributed by atoms with van der Waals surface area (Å²) in [5.41, 5.74) is 7.55. The third-order valence-electron chi connectivity index (χ3n) is 3.54. The molecule has 110 valence electrons. The average Bonchev–Trinajstić information content (AvgIpc) is 2.98. The number of fused-ring (bicyclic) bond motifs is 1. The number of carbonyl (C=O) groups is 1. The number of anilines is 2. The Bertz CT molecular complexity index is 742. The van der Waals surface area contributed by atoms with Crippen molar-refractivity contribution >= 4 is 28.9 Å². The van der Waals surface area contributed by atoms with Crippen LogP contribution < -0.4 is 11.1 Å². The molecule has 1 aromatic carbocycles. The lowest BCUT2D eigenvalue weighted by atomic mass is 10.2. The first kappa shape index (κ1) is 13.9. The summed E-state index contributed by atoms with van der Waals surface area (Å²) in [4.78, 5) is 12.3. The number of benzene rings is 1. The molecule has 0 radical (unpaired) electrons. The maximum atomic E-state index is 13.2. The lowest BCUT2D eigenvalue weighted by Gasteiger charge is -2.08. The fraction of sp³-hybridized carbons (Fsp3) is 0.214. The third kappa shape index (κ3) is 2.25. The molecule has 21 heavy (non-hydrogen) atoms. The molecule has 4 nitrogen and oxygen atoms in total. The van der Waals surface area contributed by atoms with Gasteiger partial charge in [0.05, 0.1) is 10.7 Å². The van der Waals surface area contributed by atoms with Crippen LogP contribution in [0.4, 0.5) is 20.2 Å². The first-order valence-corrected chi connectivity index (χ1v) is 6.79. The molecule has 0 spiro atoms. The fourth-order valence-electron chi connectivity index (χ4n) is 2.56. The van der Waals surface area contributed by atoms with Gasteiger partial charge in [-0.25, -0.2) is 8.78 Å². The van der Waals surface area contributed by atoms with Crippen molar-refractivity contribution in [1.82, 2.24) is 4.57 Å². The zero-order valence-electron chi connectivity index (χ0n) is 10.9. The summed E-state index contributed by atoms with van der Waals surface area (Å²) in [7, 11) is 0. The summed E-state index contributed by atoms with van der Waals surface area (Å²) in [5, 5.41) is 2.70. The van der Waals surface area contributed by atoms with Gasteiger partial charge in [0.2, 0.25) is 0 Å². The van der Waals surface area contributed by atoms with E-state index in [0.717, 1.165) is 30.7 Å². The zero-order chi connectivity index (χ0) is 15.1. The van der Waals surface area contributed by atoms with Crippen molar-refractivity contribution in [1.29, 1.82) is 0 Å². The van der Waals surface area contributed by atoms with Crippen LogP contribution in [0, 0.1) is 11.6 Å². The highest BCUT2D eigenvalue weighted by Gasteiger charge is 2.27. The SMILES string of the molecule is Nc1c(Cl)c(C(=O)Nc2ccc(F)c(F)c2)n2c1CCC2. The number of aromatic nitrogens is 1. The fourth-order valence-corrected chi connectivity index (χ4v) is 2.86. The van der Waals surface area contributed by atoms with Crippen LogP contribution in [-0.2, 0) is 13.0 Å². The molecular weight excluding hydrogens is 300 g/mol. The predicted molar refractivity (Wildman–Crippen MR) is 76.5 cm³/mol. The number of nitrogens with one attached hydrogen (secondary N) is 1. The molecule has 3 rings (SSSR count). The highest BCUT2D eigenvalue weighted by molar-refractivity contribution is 6.37. The molecule has 0 atom stereocenters. The van der Waals surface area contributed by atoms with E-state index in [2.05, 4.69) is 5.32 Å². The van der Waals surface area contributed by atoms with Crippen LogP contribution in [0.15, 0.2) is 18.2 Å². The van der Waals surface area contributed by atoms with Crippen LogP contribution in [0.5, 0.6) is 0 Å². The van der Waals surface area contributed by atoms with Gasteiger partial charge in [0, 0.05) is 24.0 Å². The second-order valence-corrected chi connectivity index (χ2v) is 5.24. The summed E-state index contributed by atoms with van der Waals surface area (Å²) in [5.74, 6) is -2.50. The smallest absolute Gasteiger partial charge is 0.273 e. The molecule has 0 unspecified atom stereocenters. The molecule has 1 aromatic heterocycles. The summed E-state index contributed by atoms with van der Waals surface area (Å²) in [6.07, 6.45) is 1.66. The molecular formula is C14H12ClF2N3O. The molecule has 1 aliphatic heterocycles. The topological polar surface area (TPSA) is 60.1 Å². The number of rotatable bonds is 2. The van der Waals surface area contributed by atoms with Crippen molar-refractivity contribution in [2.45, 2.75) is 19.4 Å². The van der Waals surface area contributed by atoms with E-state index in [4.69, 9.17) is 17.3 Å². The molecule has 3 N–H and O–H groups in total. The van der Waals surface area contributed by atoms with Crippen molar-refractivity contribution in [3.63, 3.8) is 0 Å². The monoisotopic (exact) mass is 311 g/mol. The second kappa shape index (κ2) is 5.04. The zero-order valence-corrected chi connectivity index (χ0v) is 11.7. The molecule has 2 aromatic rings. The van der Waals surface area contributed by atoms with E-state index < -0.39 is 17.5 Å². The minimum Gasteiger partial charge on any atom is -0.396 e. The van der Waals surface area contributed by atoms with Gasteiger partial charge in [-0.05, 0) is 25.0 Å². The van der Waals surface area contributed by atoms with Crippen molar-refractivity contribution < 1.29 is 13.6 Å². The third-order valence-corrected chi connectivity index (χ3v) is 3.92. The van der Waals surface area contributed by atoms with E-state index in [9.17, 15) is 13.6 Å². The van der Waals surface area contributed by atoms with E-state index in [1.54, 1.807) is 4.57 Å². The lowest BCUT2D eigenvalue weighted by Crippen LogP contribution is -2.17. The minimum absolute atomic E-state index is 0.155. The van der Waals surface area contributed by atoms with Crippen LogP contribution in [0.25, 0.3) is 0 Å². The maximum Gasteiger partial charge on any atom is 0.273 e. The Balaban J connectivity index is 1.93. The first-order valence-electron chi connectivity index (χ1n) is 6.41. The molecule has 7 heteroatoms. The molecule has 1 aliphatic rings. The molecule has 0 aliphatic carbocycles. The quantitative estimate of drug-likeness (QED) is 0.894. The van der Waals surface area contributed by atoms with Crippen LogP contribution in [0.3, 0.4) is 0 Å². The largest absolute Gasteiger partial charge is 0.396 e. The van der Waals surface area contributed by atoms with E-state index in [1.807, 2.05) is 0 Å². The van der Waals surface area contributed by atoms with Gasteiger partial charge in [-0.2, -0.15) is 0 Å². The van der Waals surface area contributed by atoms with Crippen molar-refractivity contribution in [3.05, 3.63) is 46.2 Å². The van der Waals surface area contributed by atoms with Gasteiger partial charge < -0.3 is 15.6 Å². The summed E-state index contributed by atoms with van der Waals surface area (Å²) < 4.78 is 27.8. The number of nitrogens with two attached hydrogens (primary N) is 1. The highest BCUT2D eigenvalue weighted by atomic mass is 35.5. The summed E-state index contributed by atoms with van der Waals surface area (Å²) >= 11 is 6.11. The summed E-state index contributed by atoms with van der Waals surface area (Å²) in [6, 6.07) is 3.14. The number of hydrogen-bond acceptors (Lipinski definition) is 2. The van der Waals surface area contributed by atoms with E-state index >= 15 is 0 Å². The van der Waals surface area contributed by atoms with E-state index in [-0.39, 0.29) is 16.4 Å². The molecule has 0 saturated heterocycles. The predicted octanol–water partition coefficient (Wildman–Crippen LogP) is 3.20. The van der Waals surface area contributed by atoms with Crippen LogP contribution in [0.1, 0.15) is 22.6 Å². The molecule has 2 heterocycles. The van der Waals surface area contributed by atoms with Crippen LogP contribution in [0.2, 0.25) is 5.02 Å². The normalized spacial score (nSPS) is 13.3. The van der Waals surface area contributed by atoms with Gasteiger partial charge in [0.15, 0.2) is 11.6 Å². The van der Waals surface area contributed by atoms with Gasteiger partial charge in [-0.15, -0.1) is 0 Å². The number of hydrogen-bond donors (Lipinski definition) is 2. The Morgan fingerprint density at radius 2 is 2.10 bits per heavy atom. The van der Waals surface area contributed by atoms with E-state index in [1.165, 1.54) is 6.07 Å². The Morgan fingerprint density at radius 3 is 2.81 bits per heavy atom. The number of halogens is 3. The minimum atomic E-state index is -1.03. The van der Waals surface area contributed by atoms with Crippen molar-refractivity contribution in [2.24, 2.45) is 0 Å². The number of nitrogens with zero attached hydrogens (tertiary/aromatic N) is 1. The van der Waals surface area contributed by atoms with Crippen molar-refractivity contribution in [2.75, 3.05) is 11.1 Å². The van der Waals surface area contributed by atoms with Gasteiger partial charge in [0.25, 0.3) is 5.91 Å². The maximum absolute atomic E-state index is 13.2. The molecule has 0 saturated carbocycles. The standard InChI is InChI=1S/C14H12ClF2N3O/c15-11-12(18)10-2-1-5-20(10)13(11)14(21)19-7-3-4-8(16)9(17)6-7/h3-4,6H,1-2,5,18H2,(H,19,21). The Morgan fingerprint density at radius 1 is 1.33 bits per heavy atom. The summed E-state index contributed by atoms with van der Waals surface area (Å²) in [6.45, 7) is 0.660. The Kier molecular flexibility index (Phi) is 3.33. The second-order valence-electron chi connectivity index (χ2n) is 4.86. The Hall–Kier alpha value is -2.08. The number of carbonyl (C=O) groups excluding carboxylic acids is 1. The highest BCUT2D eigenvalue weighted by Crippen LogP contribution is 2.35. The van der Waals surface area contributed by atoms with Crippen LogP contribution >= 0.6 is 11.6 Å². The number of nitrogen functional groups attached to an aromatic ring is 1. The van der Waals surface area contributed by atoms with Crippen LogP contribution in [-0.4, -0.2) is 10.5 Å². The molecule has 0 bridgehead atoms. The lowest BCUT2D eigenvalue weighted by molar-refractivity contribution is 0.101. The van der Waals surface area contributed by atoms with Gasteiger partial charge >= 0.3 is 0 Å². The Labute approximate surface area is 124 Å². The van der Waals surface area contributed by atoms with Crippen molar-refractivity contribution in [3.8, 4) is 0 Å². The van der Waals surface area contributed by atoms with E-state index in [0.29, 0.717) is 12.2 Å². The van der Waals surface area contributed by atoms with Gasteiger partial charge in [-0.1, -0.05) is 11.6 Å². The van der Waals surface area contributed by atoms with Gasteiger partial charge in [-0.3, -0.25) is 4.79 Å². The van der Waals surface area contributed by atoms with Gasteiger partial charge in [0.1, 0.15) is 5.69 Å². The first-order chi connectivity index (χ1) is 9.99. The molecule has 1 amide bonds. The number of amides is 1.